The average molecular weight is 271 g/mol. The number of aryl methyl sites for hydroxylation is 1. The first-order valence-electron chi connectivity index (χ1n) is 6.13. The molecule has 0 atom stereocenters. The van der Waals surface area contributed by atoms with E-state index in [1.165, 1.54) is 18.2 Å². The predicted molar refractivity (Wildman–Crippen MR) is 73.7 cm³/mol. The van der Waals surface area contributed by atoms with Crippen molar-refractivity contribution < 1.29 is 14.2 Å². The van der Waals surface area contributed by atoms with E-state index in [-0.39, 0.29) is 13.2 Å². The summed E-state index contributed by atoms with van der Waals surface area (Å²) < 4.78 is 18.8. The number of aliphatic hydroxyl groups is 1. The molecule has 1 heterocycles. The maximum absolute atomic E-state index is 13.2. The Labute approximate surface area is 117 Å². The van der Waals surface area contributed by atoms with E-state index < -0.39 is 5.82 Å². The van der Waals surface area contributed by atoms with Gasteiger partial charge in [0.05, 0.1) is 11.3 Å². The van der Waals surface area contributed by atoms with Crippen LogP contribution in [0.1, 0.15) is 17.0 Å². The van der Waals surface area contributed by atoms with Crippen LogP contribution in [0.2, 0.25) is 0 Å². The molecule has 0 aliphatic rings. The lowest BCUT2D eigenvalue weighted by atomic mass is 10.2. The van der Waals surface area contributed by atoms with Gasteiger partial charge in [-0.2, -0.15) is 0 Å². The zero-order valence-corrected chi connectivity index (χ0v) is 11.1. The number of ether oxygens (including phenoxy) is 1. The van der Waals surface area contributed by atoms with Gasteiger partial charge in [0, 0.05) is 5.69 Å². The summed E-state index contributed by atoms with van der Waals surface area (Å²) in [6, 6.07) is 9.77. The molecule has 4 heteroatoms. The second-order valence-electron chi connectivity index (χ2n) is 4.16. The number of benzene rings is 1. The molecule has 0 saturated heterocycles. The number of aromatic nitrogens is 1. The van der Waals surface area contributed by atoms with Crippen LogP contribution in [0.15, 0.2) is 36.4 Å². The molecule has 1 aromatic carbocycles. The van der Waals surface area contributed by atoms with E-state index in [0.29, 0.717) is 11.3 Å². The molecule has 0 aliphatic carbocycles. The Balaban J connectivity index is 2.16. The predicted octanol–water partition coefficient (Wildman–Crippen LogP) is 2.45. The van der Waals surface area contributed by atoms with Crippen molar-refractivity contribution in [3.63, 3.8) is 0 Å². The Morgan fingerprint density at radius 1 is 1.30 bits per heavy atom. The number of halogens is 1. The molecular formula is C16H14FNO2. The third-order valence-electron chi connectivity index (χ3n) is 2.57. The SMILES string of the molecule is Cc1cccc(COc2ccc(F)cc2C#CCO)n1. The van der Waals surface area contributed by atoms with E-state index in [1.54, 1.807) is 0 Å². The summed E-state index contributed by atoms with van der Waals surface area (Å²) >= 11 is 0. The number of nitrogens with zero attached hydrogens (tertiary/aromatic N) is 1. The van der Waals surface area contributed by atoms with Gasteiger partial charge in [0.1, 0.15) is 24.8 Å². The summed E-state index contributed by atoms with van der Waals surface area (Å²) in [5, 5.41) is 8.71. The molecule has 0 saturated carbocycles. The Morgan fingerprint density at radius 3 is 2.90 bits per heavy atom. The average Bonchev–Trinajstić information content (AvgIpc) is 2.44. The minimum Gasteiger partial charge on any atom is -0.486 e. The Kier molecular flexibility index (Phi) is 4.70. The normalized spacial score (nSPS) is 9.75. The lowest BCUT2D eigenvalue weighted by molar-refractivity contribution is 0.300. The lowest BCUT2D eigenvalue weighted by Gasteiger charge is -2.08. The zero-order chi connectivity index (χ0) is 14.4. The molecule has 0 radical (unpaired) electrons. The molecule has 0 fully saturated rings. The first-order valence-corrected chi connectivity index (χ1v) is 6.13. The van der Waals surface area contributed by atoms with Crippen molar-refractivity contribution in [1.29, 1.82) is 0 Å². The summed E-state index contributed by atoms with van der Waals surface area (Å²) in [6.07, 6.45) is 0. The minimum atomic E-state index is -0.395. The van der Waals surface area contributed by atoms with Gasteiger partial charge in [-0.3, -0.25) is 4.98 Å². The van der Waals surface area contributed by atoms with Gasteiger partial charge in [0.2, 0.25) is 0 Å². The van der Waals surface area contributed by atoms with Gasteiger partial charge < -0.3 is 9.84 Å². The first kappa shape index (κ1) is 14.0. The van der Waals surface area contributed by atoms with Crippen LogP contribution in [0.3, 0.4) is 0 Å². The molecule has 2 rings (SSSR count). The van der Waals surface area contributed by atoms with Crippen LogP contribution in [0.25, 0.3) is 0 Å². The maximum Gasteiger partial charge on any atom is 0.135 e. The standard InChI is InChI=1S/C16H14FNO2/c1-12-4-2-6-15(18-12)11-20-16-8-7-14(17)10-13(16)5-3-9-19/h2,4,6-8,10,19H,9,11H2,1H3. The largest absolute Gasteiger partial charge is 0.486 e. The van der Waals surface area contributed by atoms with Crippen molar-refractivity contribution in [2.75, 3.05) is 6.61 Å². The molecule has 0 aliphatic heterocycles. The highest BCUT2D eigenvalue weighted by atomic mass is 19.1. The fraction of sp³-hybridized carbons (Fsp3) is 0.188. The summed E-state index contributed by atoms with van der Waals surface area (Å²) in [5.41, 5.74) is 2.10. The summed E-state index contributed by atoms with van der Waals surface area (Å²) in [5.74, 6) is 5.22. The highest BCUT2D eigenvalue weighted by molar-refractivity contribution is 5.46. The molecule has 0 amide bonds. The Hall–Kier alpha value is -2.38. The minimum absolute atomic E-state index is 0.279. The molecule has 20 heavy (non-hydrogen) atoms. The first-order chi connectivity index (χ1) is 9.69. The lowest BCUT2D eigenvalue weighted by Crippen LogP contribution is -2.00. The summed E-state index contributed by atoms with van der Waals surface area (Å²) in [7, 11) is 0. The van der Waals surface area contributed by atoms with E-state index >= 15 is 0 Å². The zero-order valence-electron chi connectivity index (χ0n) is 11.1. The number of hydrogen-bond acceptors (Lipinski definition) is 3. The van der Waals surface area contributed by atoms with Crippen LogP contribution in [-0.2, 0) is 6.61 Å². The van der Waals surface area contributed by atoms with Gasteiger partial charge in [0.25, 0.3) is 0 Å². The second kappa shape index (κ2) is 6.69. The van der Waals surface area contributed by atoms with Gasteiger partial charge in [0.15, 0.2) is 0 Å². The van der Waals surface area contributed by atoms with E-state index in [0.717, 1.165) is 11.4 Å². The summed E-state index contributed by atoms with van der Waals surface area (Å²) in [4.78, 5) is 4.32. The summed E-state index contributed by atoms with van der Waals surface area (Å²) in [6.45, 7) is 1.90. The quantitative estimate of drug-likeness (QED) is 0.872. The van der Waals surface area contributed by atoms with Crippen LogP contribution in [0.5, 0.6) is 5.75 Å². The van der Waals surface area contributed by atoms with E-state index in [4.69, 9.17) is 9.84 Å². The van der Waals surface area contributed by atoms with Crippen molar-refractivity contribution in [3.05, 3.63) is 59.2 Å². The molecular weight excluding hydrogens is 257 g/mol. The van der Waals surface area contributed by atoms with Gasteiger partial charge in [-0.1, -0.05) is 17.9 Å². The molecule has 102 valence electrons. The molecule has 0 bridgehead atoms. The highest BCUT2D eigenvalue weighted by Gasteiger charge is 2.04. The molecule has 3 nitrogen and oxygen atoms in total. The van der Waals surface area contributed by atoms with Crippen molar-refractivity contribution in [3.8, 4) is 17.6 Å². The van der Waals surface area contributed by atoms with Crippen LogP contribution in [-0.4, -0.2) is 16.7 Å². The fourth-order valence-corrected chi connectivity index (χ4v) is 1.69. The van der Waals surface area contributed by atoms with Crippen molar-refractivity contribution in [1.82, 2.24) is 4.98 Å². The fourth-order valence-electron chi connectivity index (χ4n) is 1.69. The van der Waals surface area contributed by atoms with Crippen LogP contribution < -0.4 is 4.74 Å². The number of aliphatic hydroxyl groups excluding tert-OH is 1. The molecule has 0 spiro atoms. The third-order valence-corrected chi connectivity index (χ3v) is 2.57. The topological polar surface area (TPSA) is 42.4 Å². The number of pyridine rings is 1. The number of rotatable bonds is 3. The maximum atomic E-state index is 13.2. The second-order valence-corrected chi connectivity index (χ2v) is 4.16. The van der Waals surface area contributed by atoms with E-state index in [2.05, 4.69) is 16.8 Å². The van der Waals surface area contributed by atoms with E-state index in [1.807, 2.05) is 25.1 Å². The van der Waals surface area contributed by atoms with Crippen LogP contribution in [0.4, 0.5) is 4.39 Å². The molecule has 1 N–H and O–H groups in total. The highest BCUT2D eigenvalue weighted by Crippen LogP contribution is 2.19. The smallest absolute Gasteiger partial charge is 0.135 e. The van der Waals surface area contributed by atoms with E-state index in [9.17, 15) is 4.39 Å². The Morgan fingerprint density at radius 2 is 2.15 bits per heavy atom. The van der Waals surface area contributed by atoms with Crippen molar-refractivity contribution in [2.24, 2.45) is 0 Å². The Bertz CT molecular complexity index is 659. The van der Waals surface area contributed by atoms with Crippen LogP contribution >= 0.6 is 0 Å². The van der Waals surface area contributed by atoms with Crippen molar-refractivity contribution in [2.45, 2.75) is 13.5 Å². The molecule has 0 unspecified atom stereocenters. The monoisotopic (exact) mass is 271 g/mol. The number of hydrogen-bond donors (Lipinski definition) is 1. The van der Waals surface area contributed by atoms with Gasteiger partial charge in [-0.25, -0.2) is 4.39 Å². The third kappa shape index (κ3) is 3.81. The molecule has 1 aromatic heterocycles. The molecule has 2 aromatic rings. The van der Waals surface area contributed by atoms with Gasteiger partial charge in [-0.05, 0) is 37.3 Å². The van der Waals surface area contributed by atoms with Crippen LogP contribution in [0, 0.1) is 24.6 Å². The van der Waals surface area contributed by atoms with Crippen molar-refractivity contribution >= 4 is 0 Å². The van der Waals surface area contributed by atoms with Gasteiger partial charge in [-0.15, -0.1) is 0 Å². The van der Waals surface area contributed by atoms with Gasteiger partial charge >= 0.3 is 0 Å².